The fourth-order valence-electron chi connectivity index (χ4n) is 2.99. The second-order valence-electron chi connectivity index (χ2n) is 7.55. The van der Waals surface area contributed by atoms with E-state index in [2.05, 4.69) is 15.5 Å². The molecule has 0 bridgehead atoms. The molecule has 3 rings (SSSR count). The monoisotopic (exact) mass is 362 g/mol. The van der Waals surface area contributed by atoms with Crippen molar-refractivity contribution in [2.75, 3.05) is 25.0 Å². The van der Waals surface area contributed by atoms with Crippen LogP contribution in [0.5, 0.6) is 0 Å². The quantitative estimate of drug-likeness (QED) is 0.862. The third-order valence-corrected chi connectivity index (χ3v) is 4.53. The lowest BCUT2D eigenvalue weighted by Gasteiger charge is -2.32. The first-order valence-electron chi connectivity index (χ1n) is 8.96. The minimum absolute atomic E-state index is 0.152. The van der Waals surface area contributed by atoms with E-state index in [1.165, 1.54) is 4.40 Å². The number of hydrogen-bond acceptors (Lipinski definition) is 6. The van der Waals surface area contributed by atoms with Crippen LogP contribution in [-0.4, -0.2) is 56.3 Å². The van der Waals surface area contributed by atoms with Gasteiger partial charge >= 0.3 is 11.8 Å². The van der Waals surface area contributed by atoms with Crippen LogP contribution in [0.15, 0.2) is 11.0 Å². The maximum atomic E-state index is 12.0. The number of likely N-dealkylation sites (tertiary alicyclic amines) is 1. The van der Waals surface area contributed by atoms with Gasteiger partial charge in [0.15, 0.2) is 5.82 Å². The maximum absolute atomic E-state index is 12.0. The topological polar surface area (TPSA) is 105 Å². The molecule has 0 saturated carbocycles. The summed E-state index contributed by atoms with van der Waals surface area (Å²) in [6.45, 7) is 9.58. The summed E-state index contributed by atoms with van der Waals surface area (Å²) in [7, 11) is 0. The van der Waals surface area contributed by atoms with Crippen molar-refractivity contribution in [3.63, 3.8) is 0 Å². The number of hydrogen-bond donors (Lipinski definition) is 2. The summed E-state index contributed by atoms with van der Waals surface area (Å²) in [5, 5.41) is 9.98. The molecule has 26 heavy (non-hydrogen) atoms. The number of carbonyl (C=O) groups excluding carboxylic acids is 1. The molecule has 0 atom stereocenters. The van der Waals surface area contributed by atoms with Crippen LogP contribution < -0.4 is 11.0 Å². The molecular formula is C17H26N6O3. The van der Waals surface area contributed by atoms with Crippen molar-refractivity contribution >= 4 is 17.6 Å². The molecule has 0 unspecified atom stereocenters. The number of H-pyrrole nitrogens is 1. The number of aromatic amines is 1. The molecule has 0 radical (unpaired) electrons. The molecule has 142 valence electrons. The first-order valence-corrected chi connectivity index (χ1v) is 8.96. The van der Waals surface area contributed by atoms with Gasteiger partial charge in [-0.3, -0.25) is 0 Å². The number of anilines is 1. The van der Waals surface area contributed by atoms with Crippen LogP contribution in [0.1, 0.15) is 46.2 Å². The number of rotatable bonds is 3. The zero-order chi connectivity index (χ0) is 18.9. The number of nitrogens with zero attached hydrogens (tertiary/aromatic N) is 4. The van der Waals surface area contributed by atoms with E-state index in [1.807, 2.05) is 20.8 Å². The van der Waals surface area contributed by atoms with Gasteiger partial charge in [-0.15, -0.1) is 5.10 Å². The van der Waals surface area contributed by atoms with E-state index in [-0.39, 0.29) is 23.2 Å². The lowest BCUT2D eigenvalue weighted by molar-refractivity contribution is 0.0983. The summed E-state index contributed by atoms with van der Waals surface area (Å²) in [5.74, 6) is 0.588. The van der Waals surface area contributed by atoms with Gasteiger partial charge in [0.2, 0.25) is 5.65 Å². The summed E-state index contributed by atoms with van der Waals surface area (Å²) in [6, 6.07) is 0.152. The first-order chi connectivity index (χ1) is 12.3. The average molecular weight is 362 g/mol. The Hall–Kier alpha value is -2.58. The van der Waals surface area contributed by atoms with Crippen LogP contribution in [0.3, 0.4) is 0 Å². The second kappa shape index (κ2) is 6.97. The van der Waals surface area contributed by atoms with Crippen LogP contribution >= 0.6 is 0 Å². The first kappa shape index (κ1) is 18.2. The smallest absolute Gasteiger partial charge is 0.409 e. The molecule has 1 saturated heterocycles. The summed E-state index contributed by atoms with van der Waals surface area (Å²) >= 11 is 0. The van der Waals surface area contributed by atoms with Crippen molar-refractivity contribution in [2.24, 2.45) is 0 Å². The van der Waals surface area contributed by atoms with E-state index in [4.69, 9.17) is 9.72 Å². The van der Waals surface area contributed by atoms with E-state index < -0.39 is 0 Å². The maximum Gasteiger partial charge on any atom is 0.409 e. The average Bonchev–Trinajstić information content (AvgIpc) is 2.96. The zero-order valence-corrected chi connectivity index (χ0v) is 15.7. The minimum Gasteiger partial charge on any atom is -0.450 e. The lowest BCUT2D eigenvalue weighted by atomic mass is 9.92. The lowest BCUT2D eigenvalue weighted by Crippen LogP contribution is -2.42. The summed E-state index contributed by atoms with van der Waals surface area (Å²) in [5.41, 5.74) is 0.804. The molecule has 0 spiro atoms. The van der Waals surface area contributed by atoms with Crippen molar-refractivity contribution in [2.45, 2.75) is 52.0 Å². The Balaban J connectivity index is 1.79. The molecule has 0 aliphatic carbocycles. The minimum atomic E-state index is -0.284. The van der Waals surface area contributed by atoms with Gasteiger partial charge in [0.05, 0.1) is 12.3 Å². The third-order valence-electron chi connectivity index (χ3n) is 4.53. The highest BCUT2D eigenvalue weighted by atomic mass is 16.6. The van der Waals surface area contributed by atoms with Gasteiger partial charge in [-0.05, 0) is 19.8 Å². The molecule has 9 nitrogen and oxygen atoms in total. The molecule has 2 aromatic heterocycles. The predicted octanol–water partition coefficient (Wildman–Crippen LogP) is 1.75. The molecule has 1 amide bonds. The summed E-state index contributed by atoms with van der Waals surface area (Å²) in [6.07, 6.45) is 3.03. The molecule has 2 N–H and O–H groups in total. The van der Waals surface area contributed by atoms with Gasteiger partial charge in [-0.1, -0.05) is 20.8 Å². The van der Waals surface area contributed by atoms with E-state index >= 15 is 0 Å². The Morgan fingerprint density at radius 3 is 2.69 bits per heavy atom. The van der Waals surface area contributed by atoms with Crippen molar-refractivity contribution in [3.05, 3.63) is 22.4 Å². The fraction of sp³-hybridized carbons (Fsp3) is 0.647. The number of piperidine rings is 1. The van der Waals surface area contributed by atoms with Crippen molar-refractivity contribution < 1.29 is 9.53 Å². The molecule has 1 aliphatic heterocycles. The number of amides is 1. The van der Waals surface area contributed by atoms with Gasteiger partial charge < -0.3 is 15.0 Å². The zero-order valence-electron chi connectivity index (χ0n) is 15.7. The van der Waals surface area contributed by atoms with E-state index in [0.29, 0.717) is 31.2 Å². The Labute approximate surface area is 151 Å². The molecule has 1 aliphatic rings. The Morgan fingerprint density at radius 1 is 1.38 bits per heavy atom. The highest BCUT2D eigenvalue weighted by molar-refractivity contribution is 5.68. The van der Waals surface area contributed by atoms with Crippen LogP contribution in [0.4, 0.5) is 10.6 Å². The second-order valence-corrected chi connectivity index (χ2v) is 7.55. The van der Waals surface area contributed by atoms with Gasteiger partial charge in [0.1, 0.15) is 0 Å². The van der Waals surface area contributed by atoms with Gasteiger partial charge in [-0.2, -0.15) is 0 Å². The normalized spacial score (nSPS) is 16.1. The van der Waals surface area contributed by atoms with Crippen LogP contribution in [0.25, 0.3) is 5.65 Å². The van der Waals surface area contributed by atoms with Crippen molar-refractivity contribution in [1.29, 1.82) is 0 Å². The Bertz CT molecular complexity index is 842. The van der Waals surface area contributed by atoms with Crippen molar-refractivity contribution in [3.8, 4) is 0 Å². The van der Waals surface area contributed by atoms with Gasteiger partial charge in [-0.25, -0.2) is 24.1 Å². The summed E-state index contributed by atoms with van der Waals surface area (Å²) < 4.78 is 6.54. The summed E-state index contributed by atoms with van der Waals surface area (Å²) in [4.78, 5) is 30.2. The highest BCUT2D eigenvalue weighted by Crippen LogP contribution is 2.24. The fourth-order valence-corrected chi connectivity index (χ4v) is 2.99. The van der Waals surface area contributed by atoms with E-state index in [0.717, 1.165) is 18.5 Å². The van der Waals surface area contributed by atoms with Crippen LogP contribution in [-0.2, 0) is 10.2 Å². The number of ether oxygens (including phenoxy) is 1. The molecule has 3 heterocycles. The molecule has 1 fully saturated rings. The van der Waals surface area contributed by atoms with E-state index in [1.54, 1.807) is 18.0 Å². The van der Waals surface area contributed by atoms with Crippen LogP contribution in [0, 0.1) is 0 Å². The molecular weight excluding hydrogens is 336 g/mol. The Morgan fingerprint density at radius 2 is 2.08 bits per heavy atom. The Kier molecular flexibility index (Phi) is 4.88. The standard InChI is InChI=1S/C17H26N6O3/c1-5-26-16(25)22-8-6-11(7-9-22)18-13-14-20-21-15(24)23(14)10-12(19-13)17(2,3)4/h10-11H,5-9H2,1-4H3,(H,18,19)(H,21,24). The highest BCUT2D eigenvalue weighted by Gasteiger charge is 2.26. The molecule has 0 aromatic carbocycles. The van der Waals surface area contributed by atoms with E-state index in [9.17, 15) is 9.59 Å². The number of aromatic nitrogens is 4. The van der Waals surface area contributed by atoms with Gasteiger partial charge in [0, 0.05) is 30.7 Å². The number of nitrogens with one attached hydrogen (secondary N) is 2. The third kappa shape index (κ3) is 3.66. The largest absolute Gasteiger partial charge is 0.450 e. The predicted molar refractivity (Wildman–Crippen MR) is 97.5 cm³/mol. The van der Waals surface area contributed by atoms with Crippen molar-refractivity contribution in [1.82, 2.24) is 24.5 Å². The SMILES string of the molecule is CCOC(=O)N1CCC(Nc2nc(C(C)(C)C)cn3c(=O)[nH]nc23)CC1. The van der Waals surface area contributed by atoms with Crippen LogP contribution in [0.2, 0.25) is 0 Å². The molecule has 9 heteroatoms. The van der Waals surface area contributed by atoms with Gasteiger partial charge in [0.25, 0.3) is 0 Å². The number of carbonyl (C=O) groups is 1. The molecule has 2 aromatic rings. The number of fused-ring (bicyclic) bond motifs is 1.